The fourth-order valence-electron chi connectivity index (χ4n) is 1.72. The maximum Gasteiger partial charge on any atom is 0.490 e. The van der Waals surface area contributed by atoms with Crippen LogP contribution in [0.5, 0.6) is 0 Å². The monoisotopic (exact) mass is 459 g/mol. The molecule has 0 fully saturated rings. The van der Waals surface area contributed by atoms with Gasteiger partial charge in [-0.05, 0) is 18.9 Å². The van der Waals surface area contributed by atoms with Crippen LogP contribution in [0.15, 0.2) is 6.07 Å². The Hall–Kier alpha value is -1.89. The summed E-state index contributed by atoms with van der Waals surface area (Å²) in [5.74, 6) is -2.39. The van der Waals surface area contributed by atoms with E-state index in [-0.39, 0.29) is 12.3 Å². The van der Waals surface area contributed by atoms with E-state index in [9.17, 15) is 22.8 Å². The highest BCUT2D eigenvalue weighted by molar-refractivity contribution is 8.76. The molecule has 4 N–H and O–H groups in total. The van der Waals surface area contributed by atoms with Crippen molar-refractivity contribution in [2.75, 3.05) is 18.1 Å². The lowest BCUT2D eigenvalue weighted by Crippen LogP contribution is -2.25. The number of rotatable bonds is 12. The molecule has 1 aromatic rings. The first-order chi connectivity index (χ1) is 13.6. The maximum atomic E-state index is 11.9. The zero-order chi connectivity index (χ0) is 22.3. The standard InChI is InChI=1S/C14H23N3O3S2.C2HF3O2/c1-2-3-4-5-11-10-12(17-16-11)14(20)15-7-9-22-21-8-6-13(18)19;3-2(4,5)1(6)7/h10H,2-9H2,1H3,(H,15,20)(H,16,17)(H,18,19);(H,6,7). The van der Waals surface area contributed by atoms with E-state index in [1.165, 1.54) is 23.6 Å². The minimum absolute atomic E-state index is 0.165. The van der Waals surface area contributed by atoms with Crippen LogP contribution in [0.2, 0.25) is 0 Å². The summed E-state index contributed by atoms with van der Waals surface area (Å²) in [6, 6.07) is 1.81. The number of carbonyl (C=O) groups is 3. The van der Waals surface area contributed by atoms with Crippen LogP contribution >= 0.6 is 21.6 Å². The molecule has 0 atom stereocenters. The normalized spacial score (nSPS) is 10.8. The quantitative estimate of drug-likeness (QED) is 0.276. The van der Waals surface area contributed by atoms with Crippen LogP contribution in [0, 0.1) is 0 Å². The SMILES string of the molecule is CCCCCc1cc(C(=O)NCCSSCCC(=O)O)n[nH]1.O=C(O)C(F)(F)F. The van der Waals surface area contributed by atoms with E-state index in [1.807, 2.05) is 0 Å². The number of nitrogens with zero attached hydrogens (tertiary/aromatic N) is 1. The van der Waals surface area contributed by atoms with Crippen LogP contribution in [0.25, 0.3) is 0 Å². The summed E-state index contributed by atoms with van der Waals surface area (Å²) in [5.41, 5.74) is 1.42. The number of hydrogen-bond donors (Lipinski definition) is 4. The molecule has 0 aliphatic rings. The number of amides is 1. The Kier molecular flexibility index (Phi) is 14.0. The minimum atomic E-state index is -5.08. The Morgan fingerprint density at radius 3 is 2.34 bits per heavy atom. The van der Waals surface area contributed by atoms with Gasteiger partial charge in [-0.15, -0.1) is 0 Å². The predicted molar refractivity (Wildman–Crippen MR) is 105 cm³/mol. The highest BCUT2D eigenvalue weighted by Crippen LogP contribution is 2.21. The summed E-state index contributed by atoms with van der Waals surface area (Å²) < 4.78 is 31.7. The molecule has 0 saturated carbocycles. The number of unbranched alkanes of at least 4 members (excludes halogenated alkanes) is 2. The topological polar surface area (TPSA) is 132 Å². The molecule has 1 amide bonds. The summed E-state index contributed by atoms with van der Waals surface area (Å²) in [4.78, 5) is 31.1. The van der Waals surface area contributed by atoms with Gasteiger partial charge in [-0.3, -0.25) is 14.7 Å². The van der Waals surface area contributed by atoms with E-state index < -0.39 is 18.1 Å². The van der Waals surface area contributed by atoms with Gasteiger partial charge >= 0.3 is 18.1 Å². The number of aliphatic carboxylic acids is 2. The number of carboxylic acid groups (broad SMARTS) is 2. The van der Waals surface area contributed by atoms with Crippen molar-refractivity contribution in [1.29, 1.82) is 0 Å². The van der Waals surface area contributed by atoms with Crippen molar-refractivity contribution in [3.8, 4) is 0 Å². The van der Waals surface area contributed by atoms with Crippen molar-refractivity contribution in [2.24, 2.45) is 0 Å². The smallest absolute Gasteiger partial charge is 0.481 e. The van der Waals surface area contributed by atoms with Gasteiger partial charge in [0.1, 0.15) is 5.69 Å². The fourth-order valence-corrected chi connectivity index (χ4v) is 3.60. The van der Waals surface area contributed by atoms with Crippen molar-refractivity contribution < 1.29 is 37.8 Å². The summed E-state index contributed by atoms with van der Waals surface area (Å²) in [6.45, 7) is 2.70. The molecule has 0 bridgehead atoms. The third kappa shape index (κ3) is 14.7. The number of carbonyl (C=O) groups excluding carboxylic acids is 1. The average molecular weight is 460 g/mol. The number of hydrogen-bond acceptors (Lipinski definition) is 6. The zero-order valence-electron chi connectivity index (χ0n) is 15.8. The first kappa shape index (κ1) is 27.1. The molecule has 0 aliphatic carbocycles. The predicted octanol–water partition coefficient (Wildman–Crippen LogP) is 3.36. The third-order valence-corrected chi connectivity index (χ3v) is 5.52. The number of H-pyrrole nitrogens is 1. The van der Waals surface area contributed by atoms with E-state index in [0.717, 1.165) is 24.3 Å². The Labute approximate surface area is 173 Å². The van der Waals surface area contributed by atoms with E-state index in [4.69, 9.17) is 15.0 Å². The lowest BCUT2D eigenvalue weighted by Gasteiger charge is -2.02. The van der Waals surface area contributed by atoms with Gasteiger partial charge in [0, 0.05) is 23.7 Å². The Balaban J connectivity index is 0.000000956. The minimum Gasteiger partial charge on any atom is -0.481 e. The van der Waals surface area contributed by atoms with Crippen LogP contribution in [0.4, 0.5) is 13.2 Å². The summed E-state index contributed by atoms with van der Waals surface area (Å²) in [7, 11) is 3.07. The van der Waals surface area contributed by atoms with E-state index in [1.54, 1.807) is 16.9 Å². The second-order valence-corrected chi connectivity index (χ2v) is 8.28. The van der Waals surface area contributed by atoms with Crippen LogP contribution < -0.4 is 5.32 Å². The number of nitrogens with one attached hydrogen (secondary N) is 2. The van der Waals surface area contributed by atoms with Crippen molar-refractivity contribution in [1.82, 2.24) is 15.5 Å². The van der Waals surface area contributed by atoms with Gasteiger partial charge in [-0.25, -0.2) is 4.79 Å². The van der Waals surface area contributed by atoms with E-state index in [2.05, 4.69) is 22.4 Å². The second-order valence-electron chi connectivity index (χ2n) is 5.58. The summed E-state index contributed by atoms with van der Waals surface area (Å²) in [5, 5.41) is 25.4. The van der Waals surface area contributed by atoms with Crippen molar-refractivity contribution in [3.05, 3.63) is 17.5 Å². The molecule has 0 aliphatic heterocycles. The molecule has 0 aromatic carbocycles. The van der Waals surface area contributed by atoms with Gasteiger partial charge in [0.05, 0.1) is 6.42 Å². The molecule has 0 radical (unpaired) electrons. The number of halogens is 3. The largest absolute Gasteiger partial charge is 0.490 e. The van der Waals surface area contributed by atoms with E-state index >= 15 is 0 Å². The molecule has 0 unspecified atom stereocenters. The number of carboxylic acids is 2. The third-order valence-electron chi connectivity index (χ3n) is 3.11. The molecule has 0 spiro atoms. The van der Waals surface area contributed by atoms with Crippen molar-refractivity contribution in [3.63, 3.8) is 0 Å². The summed E-state index contributed by atoms with van der Waals surface area (Å²) in [6.07, 6.45) is -0.548. The van der Waals surface area contributed by atoms with Gasteiger partial charge in [0.25, 0.3) is 5.91 Å². The molecular formula is C16H24F3N3O5S2. The Morgan fingerprint density at radius 1 is 1.17 bits per heavy atom. The van der Waals surface area contributed by atoms with Crippen LogP contribution in [0.1, 0.15) is 48.8 Å². The number of alkyl halides is 3. The Bertz CT molecular complexity index is 642. The second kappa shape index (κ2) is 15.0. The molecular weight excluding hydrogens is 435 g/mol. The number of aromatic amines is 1. The van der Waals surface area contributed by atoms with Gasteiger partial charge in [0.15, 0.2) is 0 Å². The van der Waals surface area contributed by atoms with Crippen molar-refractivity contribution >= 4 is 39.4 Å². The van der Waals surface area contributed by atoms with Crippen LogP contribution in [-0.2, 0) is 16.0 Å². The van der Waals surface area contributed by atoms with E-state index in [0.29, 0.717) is 18.0 Å². The molecule has 29 heavy (non-hydrogen) atoms. The molecule has 1 heterocycles. The first-order valence-electron chi connectivity index (χ1n) is 8.66. The lowest BCUT2D eigenvalue weighted by atomic mass is 10.1. The highest BCUT2D eigenvalue weighted by Gasteiger charge is 2.38. The van der Waals surface area contributed by atoms with Crippen molar-refractivity contribution in [2.45, 2.75) is 45.2 Å². The first-order valence-corrected chi connectivity index (χ1v) is 11.2. The molecule has 13 heteroatoms. The number of aromatic nitrogens is 2. The molecule has 1 rings (SSSR count). The maximum absolute atomic E-state index is 11.9. The summed E-state index contributed by atoms with van der Waals surface area (Å²) >= 11 is 0. The molecule has 8 nitrogen and oxygen atoms in total. The Morgan fingerprint density at radius 2 is 1.79 bits per heavy atom. The highest BCUT2D eigenvalue weighted by atomic mass is 33.1. The molecule has 166 valence electrons. The fraction of sp³-hybridized carbons (Fsp3) is 0.625. The van der Waals surface area contributed by atoms with Crippen LogP contribution in [-0.4, -0.2) is 62.5 Å². The molecule has 0 saturated heterocycles. The van der Waals surface area contributed by atoms with Gasteiger partial charge in [-0.1, -0.05) is 41.4 Å². The van der Waals surface area contributed by atoms with Gasteiger partial charge < -0.3 is 15.5 Å². The average Bonchev–Trinajstić information content (AvgIpc) is 3.09. The van der Waals surface area contributed by atoms with Crippen LogP contribution in [0.3, 0.4) is 0 Å². The van der Waals surface area contributed by atoms with Gasteiger partial charge in [0.2, 0.25) is 0 Å². The zero-order valence-corrected chi connectivity index (χ0v) is 17.4. The van der Waals surface area contributed by atoms with Gasteiger partial charge in [-0.2, -0.15) is 18.3 Å². The molecule has 1 aromatic heterocycles. The number of aryl methyl sites for hydroxylation is 1. The lowest BCUT2D eigenvalue weighted by molar-refractivity contribution is -0.192.